The first kappa shape index (κ1) is 13.8. The molecule has 0 radical (unpaired) electrons. The number of carbonyl (C=O) groups is 1. The second kappa shape index (κ2) is 5.99. The van der Waals surface area contributed by atoms with Crippen molar-refractivity contribution in [2.75, 3.05) is 18.5 Å². The van der Waals surface area contributed by atoms with Gasteiger partial charge in [-0.2, -0.15) is 0 Å². The number of para-hydroxylation sites is 1. The molecule has 1 saturated heterocycles. The van der Waals surface area contributed by atoms with Crippen molar-refractivity contribution < 1.29 is 14.3 Å². The van der Waals surface area contributed by atoms with Crippen LogP contribution < -0.4 is 5.32 Å². The highest BCUT2D eigenvalue weighted by Crippen LogP contribution is 2.27. The third-order valence-corrected chi connectivity index (χ3v) is 2.98. The number of allylic oxidation sites excluding steroid dienone is 1. The number of anilines is 1. The Labute approximate surface area is 113 Å². The first-order valence-corrected chi connectivity index (χ1v) is 6.38. The smallest absolute Gasteiger partial charge is 0.169 e. The van der Waals surface area contributed by atoms with Gasteiger partial charge in [0.1, 0.15) is 0 Å². The van der Waals surface area contributed by atoms with Crippen LogP contribution in [-0.2, 0) is 20.7 Å². The SMILES string of the molecule is CC(=O)C=CNc1ccccc1CC1(C)OCCO1. The van der Waals surface area contributed by atoms with Crippen LogP contribution in [0.1, 0.15) is 19.4 Å². The number of hydrogen-bond donors (Lipinski definition) is 1. The van der Waals surface area contributed by atoms with E-state index in [-0.39, 0.29) is 5.78 Å². The predicted molar refractivity (Wildman–Crippen MR) is 73.9 cm³/mol. The molecule has 1 aromatic carbocycles. The van der Waals surface area contributed by atoms with E-state index in [1.165, 1.54) is 13.0 Å². The zero-order valence-electron chi connectivity index (χ0n) is 11.3. The summed E-state index contributed by atoms with van der Waals surface area (Å²) in [6.45, 7) is 4.74. The van der Waals surface area contributed by atoms with Crippen LogP contribution in [0.5, 0.6) is 0 Å². The molecule has 102 valence electrons. The molecule has 0 amide bonds. The van der Waals surface area contributed by atoms with Gasteiger partial charge in [0, 0.05) is 18.3 Å². The maximum atomic E-state index is 10.9. The van der Waals surface area contributed by atoms with Gasteiger partial charge in [-0.15, -0.1) is 0 Å². The molecule has 1 aromatic rings. The van der Waals surface area contributed by atoms with Gasteiger partial charge in [0.2, 0.25) is 0 Å². The van der Waals surface area contributed by atoms with E-state index in [1.54, 1.807) is 6.20 Å². The molecule has 1 aliphatic heterocycles. The molecule has 0 saturated carbocycles. The predicted octanol–water partition coefficient (Wildman–Crippen LogP) is 2.51. The van der Waals surface area contributed by atoms with Gasteiger partial charge in [0.05, 0.1) is 13.2 Å². The van der Waals surface area contributed by atoms with Gasteiger partial charge in [-0.1, -0.05) is 18.2 Å². The molecule has 0 aliphatic carbocycles. The Kier molecular flexibility index (Phi) is 4.35. The van der Waals surface area contributed by atoms with Crippen molar-refractivity contribution in [2.45, 2.75) is 26.1 Å². The molecule has 1 aliphatic rings. The molecular formula is C15H19NO3. The minimum Gasteiger partial charge on any atom is -0.361 e. The summed E-state index contributed by atoms with van der Waals surface area (Å²) in [5.74, 6) is -0.540. The molecular weight excluding hydrogens is 242 g/mol. The fourth-order valence-electron chi connectivity index (χ4n) is 2.07. The highest BCUT2D eigenvalue weighted by atomic mass is 16.7. The van der Waals surface area contributed by atoms with Crippen molar-refractivity contribution in [3.63, 3.8) is 0 Å². The zero-order chi connectivity index (χ0) is 13.7. The van der Waals surface area contributed by atoms with E-state index in [4.69, 9.17) is 9.47 Å². The van der Waals surface area contributed by atoms with Crippen molar-refractivity contribution in [3.8, 4) is 0 Å². The van der Waals surface area contributed by atoms with Gasteiger partial charge in [-0.25, -0.2) is 0 Å². The first-order valence-electron chi connectivity index (χ1n) is 6.38. The standard InChI is InChI=1S/C15H19NO3/c1-12(17)7-8-16-14-6-4-3-5-13(14)11-15(2)18-9-10-19-15/h3-8,16H,9-11H2,1-2H3. The van der Waals surface area contributed by atoms with E-state index in [2.05, 4.69) is 5.32 Å². The fourth-order valence-corrected chi connectivity index (χ4v) is 2.07. The van der Waals surface area contributed by atoms with Crippen molar-refractivity contribution in [1.82, 2.24) is 0 Å². The molecule has 19 heavy (non-hydrogen) atoms. The van der Waals surface area contributed by atoms with E-state index in [0.717, 1.165) is 11.3 Å². The number of ketones is 1. The van der Waals surface area contributed by atoms with E-state index in [0.29, 0.717) is 19.6 Å². The zero-order valence-corrected chi connectivity index (χ0v) is 11.3. The normalized spacial score (nSPS) is 17.8. The third-order valence-electron chi connectivity index (χ3n) is 2.98. The Morgan fingerprint density at radius 2 is 2.05 bits per heavy atom. The summed E-state index contributed by atoms with van der Waals surface area (Å²) in [6.07, 6.45) is 3.82. The Bertz CT molecular complexity index is 476. The van der Waals surface area contributed by atoms with Crippen molar-refractivity contribution in [1.29, 1.82) is 0 Å². The van der Waals surface area contributed by atoms with Gasteiger partial charge in [-0.05, 0) is 31.6 Å². The van der Waals surface area contributed by atoms with Crippen LogP contribution in [0.25, 0.3) is 0 Å². The number of ether oxygens (including phenoxy) is 2. The van der Waals surface area contributed by atoms with Gasteiger partial charge in [0.25, 0.3) is 0 Å². The summed E-state index contributed by atoms with van der Waals surface area (Å²) in [6, 6.07) is 7.93. The maximum absolute atomic E-state index is 10.9. The van der Waals surface area contributed by atoms with Crippen LogP contribution in [0.4, 0.5) is 5.69 Å². The molecule has 1 N–H and O–H groups in total. The van der Waals surface area contributed by atoms with Gasteiger partial charge < -0.3 is 14.8 Å². The Morgan fingerprint density at radius 1 is 1.37 bits per heavy atom. The highest BCUT2D eigenvalue weighted by molar-refractivity contribution is 5.87. The van der Waals surface area contributed by atoms with E-state index in [1.807, 2.05) is 31.2 Å². The highest BCUT2D eigenvalue weighted by Gasteiger charge is 2.31. The summed E-state index contributed by atoms with van der Waals surface area (Å²) < 4.78 is 11.2. The Hall–Kier alpha value is -1.65. The topological polar surface area (TPSA) is 47.6 Å². The van der Waals surface area contributed by atoms with Crippen LogP contribution in [0.15, 0.2) is 36.5 Å². The summed E-state index contributed by atoms with van der Waals surface area (Å²) in [5.41, 5.74) is 2.06. The summed E-state index contributed by atoms with van der Waals surface area (Å²) >= 11 is 0. The van der Waals surface area contributed by atoms with Crippen LogP contribution in [-0.4, -0.2) is 24.8 Å². The minimum atomic E-state index is -0.553. The largest absolute Gasteiger partial charge is 0.361 e. The van der Waals surface area contributed by atoms with Gasteiger partial charge in [-0.3, -0.25) is 4.79 Å². The van der Waals surface area contributed by atoms with E-state index >= 15 is 0 Å². The molecule has 1 heterocycles. The molecule has 0 atom stereocenters. The first-order chi connectivity index (χ1) is 9.09. The lowest BCUT2D eigenvalue weighted by Crippen LogP contribution is -2.28. The number of rotatable bonds is 5. The van der Waals surface area contributed by atoms with Crippen molar-refractivity contribution >= 4 is 11.5 Å². The minimum absolute atomic E-state index is 0.0133. The summed E-state index contributed by atoms with van der Waals surface area (Å²) in [5, 5.41) is 3.12. The Morgan fingerprint density at radius 3 is 2.74 bits per heavy atom. The molecule has 0 unspecified atom stereocenters. The lowest BCUT2D eigenvalue weighted by Gasteiger charge is -2.23. The van der Waals surface area contributed by atoms with Crippen LogP contribution in [0.3, 0.4) is 0 Å². The monoisotopic (exact) mass is 261 g/mol. The maximum Gasteiger partial charge on any atom is 0.169 e. The number of hydrogen-bond acceptors (Lipinski definition) is 4. The van der Waals surface area contributed by atoms with Crippen LogP contribution in [0.2, 0.25) is 0 Å². The third kappa shape index (κ3) is 3.91. The molecule has 4 nitrogen and oxygen atoms in total. The molecule has 0 spiro atoms. The van der Waals surface area contributed by atoms with E-state index in [9.17, 15) is 4.79 Å². The second-order valence-electron chi connectivity index (χ2n) is 4.75. The van der Waals surface area contributed by atoms with Crippen LogP contribution >= 0.6 is 0 Å². The molecule has 4 heteroatoms. The fraction of sp³-hybridized carbons (Fsp3) is 0.400. The number of carbonyl (C=O) groups excluding carboxylic acids is 1. The average molecular weight is 261 g/mol. The molecule has 2 rings (SSSR count). The number of nitrogens with one attached hydrogen (secondary N) is 1. The summed E-state index contributed by atoms with van der Waals surface area (Å²) in [4.78, 5) is 10.9. The van der Waals surface area contributed by atoms with Crippen LogP contribution in [0, 0.1) is 0 Å². The Balaban J connectivity index is 2.09. The lowest BCUT2D eigenvalue weighted by atomic mass is 10.0. The average Bonchev–Trinajstić information content (AvgIpc) is 2.78. The number of benzene rings is 1. The summed E-state index contributed by atoms with van der Waals surface area (Å²) in [7, 11) is 0. The molecule has 1 fully saturated rings. The molecule has 0 bridgehead atoms. The lowest BCUT2D eigenvalue weighted by molar-refractivity contribution is -0.140. The van der Waals surface area contributed by atoms with Gasteiger partial charge in [0.15, 0.2) is 11.6 Å². The van der Waals surface area contributed by atoms with Crippen molar-refractivity contribution in [3.05, 3.63) is 42.1 Å². The molecule has 0 aromatic heterocycles. The van der Waals surface area contributed by atoms with Gasteiger partial charge >= 0.3 is 0 Å². The van der Waals surface area contributed by atoms with E-state index < -0.39 is 5.79 Å². The quantitative estimate of drug-likeness (QED) is 0.827. The van der Waals surface area contributed by atoms with Crippen molar-refractivity contribution in [2.24, 2.45) is 0 Å². The second-order valence-corrected chi connectivity index (χ2v) is 4.75.